The third kappa shape index (κ3) is 10.9. The van der Waals surface area contributed by atoms with Crippen LogP contribution in [-0.4, -0.2) is 76.2 Å². The molecule has 1 saturated heterocycles. The topological polar surface area (TPSA) is 94.0 Å². The zero-order valence-electron chi connectivity index (χ0n) is 40.3. The van der Waals surface area contributed by atoms with E-state index in [9.17, 15) is 14.3 Å². The highest BCUT2D eigenvalue weighted by molar-refractivity contribution is 7.00. The number of hydrogen-bond acceptors (Lipinski definition) is 7. The predicted molar refractivity (Wildman–Crippen MR) is 275 cm³/mol. The molecule has 1 aromatic heterocycles. The van der Waals surface area contributed by atoms with Crippen LogP contribution in [0.3, 0.4) is 0 Å². The molecule has 0 radical (unpaired) electrons. The van der Waals surface area contributed by atoms with Crippen molar-refractivity contribution in [2.75, 3.05) is 31.2 Å². The Hall–Kier alpha value is -5.57. The Labute approximate surface area is 399 Å². The largest absolute Gasteiger partial charge is 0.481 e. The molecule has 0 spiro atoms. The predicted octanol–water partition coefficient (Wildman–Crippen LogP) is 10.0. The van der Waals surface area contributed by atoms with Crippen LogP contribution in [0, 0.1) is 5.82 Å². The number of halogens is 1. The number of rotatable bonds is 17. The SMILES string of the molecule is CC(C)c1nc(N2CCOCC2)nc(-c2ccc(F)cc2)c1/C=C/[C@H](C[C@H](CC(=O)O)O[Si](c1ccccc1)(c1ccccc1)C(C)(C)C)O[Si](c1ccccc1)(c1ccccc1)C(C)(C)C. The van der Waals surface area contributed by atoms with Gasteiger partial charge in [0, 0.05) is 30.6 Å². The molecule has 0 amide bonds. The van der Waals surface area contributed by atoms with Crippen LogP contribution in [0.4, 0.5) is 10.3 Å². The van der Waals surface area contributed by atoms with Crippen LogP contribution in [0.25, 0.3) is 17.3 Å². The highest BCUT2D eigenvalue weighted by Crippen LogP contribution is 2.41. The number of benzene rings is 5. The number of anilines is 1. The van der Waals surface area contributed by atoms with Gasteiger partial charge in [0.15, 0.2) is 0 Å². The van der Waals surface area contributed by atoms with E-state index in [1.165, 1.54) is 12.1 Å². The maximum atomic E-state index is 14.6. The van der Waals surface area contributed by atoms with Gasteiger partial charge >= 0.3 is 5.97 Å². The third-order valence-corrected chi connectivity index (χ3v) is 23.0. The van der Waals surface area contributed by atoms with Gasteiger partial charge < -0.3 is 23.6 Å². The Morgan fingerprint density at radius 3 is 1.57 bits per heavy atom. The third-order valence-electron chi connectivity index (χ3n) is 12.8. The van der Waals surface area contributed by atoms with Gasteiger partial charge in [0.1, 0.15) is 5.82 Å². The quantitative estimate of drug-likeness (QED) is 0.0905. The first-order valence-corrected chi connectivity index (χ1v) is 27.3. The van der Waals surface area contributed by atoms with Crippen molar-refractivity contribution in [3.05, 3.63) is 169 Å². The maximum absolute atomic E-state index is 14.6. The first kappa shape index (κ1) is 49.3. The minimum absolute atomic E-state index is 0.0177. The van der Waals surface area contributed by atoms with Crippen molar-refractivity contribution >= 4 is 55.4 Å². The number of ether oxygens (including phenoxy) is 1. The molecule has 7 rings (SSSR count). The second-order valence-electron chi connectivity index (χ2n) is 19.8. The van der Waals surface area contributed by atoms with Gasteiger partial charge in [-0.25, -0.2) is 14.4 Å². The number of aliphatic carboxylic acids is 1. The number of carboxylic acids is 1. The van der Waals surface area contributed by atoms with E-state index in [1.54, 1.807) is 12.1 Å². The molecule has 6 aromatic rings. The summed E-state index contributed by atoms with van der Waals surface area (Å²) in [6.45, 7) is 20.0. The molecule has 67 heavy (non-hydrogen) atoms. The summed E-state index contributed by atoms with van der Waals surface area (Å²) in [6, 6.07) is 48.1. The highest BCUT2D eigenvalue weighted by Gasteiger charge is 2.54. The molecule has 2 heterocycles. The van der Waals surface area contributed by atoms with E-state index in [2.05, 4.69) is 145 Å². The Kier molecular flexibility index (Phi) is 15.6. The van der Waals surface area contributed by atoms with Gasteiger partial charge in [-0.1, -0.05) is 189 Å². The molecule has 1 fully saturated rings. The van der Waals surface area contributed by atoms with Crippen LogP contribution >= 0.6 is 0 Å². The normalized spacial score (nSPS) is 14.9. The zero-order valence-corrected chi connectivity index (χ0v) is 42.3. The monoisotopic (exact) mass is 935 g/mol. The van der Waals surface area contributed by atoms with Crippen molar-refractivity contribution in [2.45, 2.75) is 96.4 Å². The summed E-state index contributed by atoms with van der Waals surface area (Å²) < 4.78 is 35.9. The molecule has 1 N–H and O–H groups in total. The van der Waals surface area contributed by atoms with Gasteiger partial charge in [-0.15, -0.1) is 0 Å². The smallest absolute Gasteiger partial charge is 0.305 e. The summed E-state index contributed by atoms with van der Waals surface area (Å²) in [4.78, 5) is 25.8. The van der Waals surface area contributed by atoms with Crippen LogP contribution in [0.2, 0.25) is 10.1 Å². The molecule has 11 heteroatoms. The molecule has 0 saturated carbocycles. The molecule has 0 unspecified atom stereocenters. The first-order valence-electron chi connectivity index (χ1n) is 23.5. The minimum Gasteiger partial charge on any atom is -0.481 e. The highest BCUT2D eigenvalue weighted by atomic mass is 28.4. The summed E-state index contributed by atoms with van der Waals surface area (Å²) in [6.07, 6.45) is 2.67. The van der Waals surface area contributed by atoms with Gasteiger partial charge in [0.05, 0.1) is 43.2 Å². The summed E-state index contributed by atoms with van der Waals surface area (Å²) in [5.41, 5.74) is 3.05. The van der Waals surface area contributed by atoms with Gasteiger partial charge in [0.25, 0.3) is 16.6 Å². The van der Waals surface area contributed by atoms with Gasteiger partial charge in [-0.05, 0) is 61.0 Å². The van der Waals surface area contributed by atoms with Crippen LogP contribution in [0.5, 0.6) is 0 Å². The van der Waals surface area contributed by atoms with Crippen molar-refractivity contribution in [2.24, 2.45) is 0 Å². The fraction of sp³-hybridized carbons (Fsp3) is 0.339. The molecular weight excluding hydrogens is 870 g/mol. The number of aromatic nitrogens is 2. The zero-order chi connectivity index (χ0) is 47.8. The Morgan fingerprint density at radius 1 is 0.701 bits per heavy atom. The molecule has 1 aliphatic heterocycles. The summed E-state index contributed by atoms with van der Waals surface area (Å²) in [7, 11) is -6.52. The van der Waals surface area contributed by atoms with Crippen molar-refractivity contribution in [3.8, 4) is 11.3 Å². The molecule has 8 nitrogen and oxygen atoms in total. The maximum Gasteiger partial charge on any atom is 0.305 e. The van der Waals surface area contributed by atoms with E-state index in [0.29, 0.717) is 37.9 Å². The van der Waals surface area contributed by atoms with E-state index in [4.69, 9.17) is 23.6 Å². The Morgan fingerprint density at radius 2 is 1.15 bits per heavy atom. The van der Waals surface area contributed by atoms with Gasteiger partial charge in [-0.3, -0.25) is 4.79 Å². The van der Waals surface area contributed by atoms with E-state index >= 15 is 0 Å². The lowest BCUT2D eigenvalue weighted by Gasteiger charge is -2.47. The average molecular weight is 936 g/mol. The van der Waals surface area contributed by atoms with Gasteiger partial charge in [0.2, 0.25) is 5.95 Å². The summed E-state index contributed by atoms with van der Waals surface area (Å²) in [5.74, 6) is -0.708. The van der Waals surface area contributed by atoms with Crippen LogP contribution in [0.15, 0.2) is 152 Å². The Bertz CT molecular complexity index is 2480. The summed E-state index contributed by atoms with van der Waals surface area (Å²) >= 11 is 0. The second kappa shape index (κ2) is 21.2. The molecule has 0 aliphatic carbocycles. The van der Waals surface area contributed by atoms with E-state index < -0.39 is 44.9 Å². The van der Waals surface area contributed by atoms with Crippen LogP contribution < -0.4 is 25.6 Å². The molecule has 0 bridgehead atoms. The van der Waals surface area contributed by atoms with Crippen LogP contribution in [0.1, 0.15) is 85.4 Å². The summed E-state index contributed by atoms with van der Waals surface area (Å²) in [5, 5.41) is 14.3. The fourth-order valence-electron chi connectivity index (χ4n) is 9.67. The molecular formula is C56H66FN3O5Si2. The Balaban J connectivity index is 1.47. The first-order chi connectivity index (χ1) is 32.0. The molecule has 1 aliphatic rings. The van der Waals surface area contributed by atoms with Crippen molar-refractivity contribution in [1.29, 1.82) is 0 Å². The number of morpholine rings is 1. The number of carbonyl (C=O) groups is 1. The van der Waals surface area contributed by atoms with E-state index in [0.717, 1.165) is 37.6 Å². The van der Waals surface area contributed by atoms with Crippen LogP contribution in [-0.2, 0) is 18.4 Å². The fourth-order valence-corrected chi connectivity index (χ4v) is 19.0. The number of hydrogen-bond donors (Lipinski definition) is 1. The lowest BCUT2D eigenvalue weighted by Crippen LogP contribution is -2.69. The minimum atomic E-state index is -3.27. The standard InChI is InChI=1S/C56H66FN3O5Si2/c1-41(2)52-50(53(42-29-31-43(57)32-30-42)59-54(58-52)60-35-37-63-38-36-60)34-33-44(64-66(55(3,4)5,46-21-13-9-14-22-46)47-23-15-10-16-24-47)39-45(40-51(61)62)65-67(56(6,7)8,48-25-17-11-18-26-48)49-27-19-12-20-28-49/h9-34,41,44-45H,35-40H2,1-8H3,(H,61,62)/b34-33+/t44-,45-/m1/s1. The molecule has 350 valence electrons. The lowest BCUT2D eigenvalue weighted by molar-refractivity contribution is -0.139. The molecule has 2 atom stereocenters. The number of carboxylic acid groups (broad SMARTS) is 1. The van der Waals surface area contributed by atoms with E-state index in [1.807, 2.05) is 48.5 Å². The van der Waals surface area contributed by atoms with Crippen molar-refractivity contribution < 1.29 is 27.9 Å². The molecule has 5 aromatic carbocycles. The van der Waals surface area contributed by atoms with Crippen molar-refractivity contribution in [1.82, 2.24) is 9.97 Å². The second-order valence-corrected chi connectivity index (χ2v) is 28.4. The van der Waals surface area contributed by atoms with Crippen molar-refractivity contribution in [3.63, 3.8) is 0 Å². The average Bonchev–Trinajstić information content (AvgIpc) is 3.32. The van der Waals surface area contributed by atoms with Gasteiger partial charge in [-0.2, -0.15) is 0 Å². The number of nitrogens with zero attached hydrogens (tertiary/aromatic N) is 3. The van der Waals surface area contributed by atoms with E-state index in [-0.39, 0.29) is 24.6 Å². The lowest BCUT2D eigenvalue weighted by atomic mass is 9.97.